The molecule has 100 valence electrons. The summed E-state index contributed by atoms with van der Waals surface area (Å²) in [6.07, 6.45) is 4.04. The lowest BCUT2D eigenvalue weighted by atomic mass is 10.1. The summed E-state index contributed by atoms with van der Waals surface area (Å²) in [5, 5.41) is 3.12. The molecule has 0 amide bonds. The average molecular weight is 290 g/mol. The Morgan fingerprint density at radius 1 is 1.16 bits per heavy atom. The largest absolute Gasteiger partial charge is 0.371 e. The van der Waals surface area contributed by atoms with E-state index in [9.17, 15) is 0 Å². The summed E-state index contributed by atoms with van der Waals surface area (Å²) in [7, 11) is 0. The Hall–Kier alpha value is -1.00. The Balaban J connectivity index is 1.77. The summed E-state index contributed by atoms with van der Waals surface area (Å²) < 4.78 is 4.35. The van der Waals surface area contributed by atoms with E-state index in [1.54, 1.807) is 11.8 Å². The second-order valence-electron chi connectivity index (χ2n) is 4.94. The van der Waals surface area contributed by atoms with E-state index in [4.69, 9.17) is 0 Å². The Morgan fingerprint density at radius 3 is 2.68 bits per heavy atom. The third-order valence-corrected chi connectivity index (χ3v) is 5.10. The van der Waals surface area contributed by atoms with Crippen LogP contribution in [0.4, 0.5) is 5.69 Å². The number of benzene rings is 1. The first kappa shape index (κ1) is 13.0. The fraction of sp³-hybridized carbons (Fsp3) is 0.400. The molecular weight excluding hydrogens is 272 g/mol. The van der Waals surface area contributed by atoms with Crippen molar-refractivity contribution < 1.29 is 0 Å². The minimum Gasteiger partial charge on any atom is -0.371 e. The van der Waals surface area contributed by atoms with Crippen LogP contribution in [0.3, 0.4) is 0 Å². The summed E-state index contributed by atoms with van der Waals surface area (Å²) in [5.74, 6) is 0. The number of rotatable bonds is 3. The molecule has 4 heteroatoms. The molecule has 3 rings (SSSR count). The van der Waals surface area contributed by atoms with E-state index < -0.39 is 0 Å². The molecule has 0 saturated carbocycles. The van der Waals surface area contributed by atoms with E-state index in [2.05, 4.69) is 40.5 Å². The van der Waals surface area contributed by atoms with Crippen LogP contribution in [-0.4, -0.2) is 17.5 Å². The molecule has 2 heterocycles. The summed E-state index contributed by atoms with van der Waals surface area (Å²) in [6.45, 7) is 4.63. The quantitative estimate of drug-likeness (QED) is 0.822. The Kier molecular flexibility index (Phi) is 4.09. The molecule has 1 aromatic heterocycles. The van der Waals surface area contributed by atoms with Gasteiger partial charge >= 0.3 is 0 Å². The number of aromatic nitrogens is 1. The molecule has 0 atom stereocenters. The molecule has 0 radical (unpaired) electrons. The van der Waals surface area contributed by atoms with Gasteiger partial charge in [-0.2, -0.15) is 4.37 Å². The molecule has 0 aliphatic carbocycles. The van der Waals surface area contributed by atoms with Gasteiger partial charge in [0.05, 0.1) is 0 Å². The Morgan fingerprint density at radius 2 is 2.00 bits per heavy atom. The molecule has 1 aliphatic rings. The third-order valence-electron chi connectivity index (χ3n) is 3.50. The first-order valence-corrected chi connectivity index (χ1v) is 8.42. The molecule has 1 aliphatic heterocycles. The summed E-state index contributed by atoms with van der Waals surface area (Å²) in [6, 6.07) is 8.85. The van der Waals surface area contributed by atoms with Crippen molar-refractivity contribution in [3.63, 3.8) is 0 Å². The molecule has 0 N–H and O–H groups in total. The van der Waals surface area contributed by atoms with Crippen LogP contribution in [0.1, 0.15) is 24.8 Å². The zero-order chi connectivity index (χ0) is 13.1. The lowest BCUT2D eigenvalue weighted by Crippen LogP contribution is -2.29. The zero-order valence-corrected chi connectivity index (χ0v) is 12.8. The number of hydrogen-bond donors (Lipinski definition) is 0. The monoisotopic (exact) mass is 290 g/mol. The lowest BCUT2D eigenvalue weighted by Gasteiger charge is -2.30. The highest BCUT2D eigenvalue weighted by Crippen LogP contribution is 2.32. The van der Waals surface area contributed by atoms with Gasteiger partial charge in [0.15, 0.2) is 0 Å². The second-order valence-corrected chi connectivity index (χ2v) is 6.70. The van der Waals surface area contributed by atoms with Gasteiger partial charge in [-0.15, -0.1) is 0 Å². The standard InChI is InChI=1S/C15H18N2S2/c1-12-11-13(19-15-7-10-18-16-15)5-6-14(12)17-8-3-2-4-9-17/h5-7,10-11H,2-4,8-9H2,1H3. The molecule has 1 saturated heterocycles. The van der Waals surface area contributed by atoms with Gasteiger partial charge in [-0.3, -0.25) is 0 Å². The zero-order valence-electron chi connectivity index (χ0n) is 11.1. The topological polar surface area (TPSA) is 16.1 Å². The number of nitrogens with zero attached hydrogens (tertiary/aromatic N) is 2. The van der Waals surface area contributed by atoms with Gasteiger partial charge in [0, 0.05) is 29.1 Å². The Bertz CT molecular complexity index is 531. The van der Waals surface area contributed by atoms with E-state index in [-0.39, 0.29) is 0 Å². The van der Waals surface area contributed by atoms with Gasteiger partial charge in [-0.1, -0.05) is 11.8 Å². The van der Waals surface area contributed by atoms with Crippen LogP contribution in [0.15, 0.2) is 39.6 Å². The first-order chi connectivity index (χ1) is 9.33. The lowest BCUT2D eigenvalue weighted by molar-refractivity contribution is 0.577. The maximum atomic E-state index is 4.35. The fourth-order valence-corrected chi connectivity index (χ4v) is 4.08. The van der Waals surface area contributed by atoms with E-state index in [0.717, 1.165) is 5.03 Å². The van der Waals surface area contributed by atoms with E-state index >= 15 is 0 Å². The van der Waals surface area contributed by atoms with Crippen LogP contribution in [0.5, 0.6) is 0 Å². The molecule has 1 fully saturated rings. The third kappa shape index (κ3) is 3.12. The van der Waals surface area contributed by atoms with Gasteiger partial charge in [0.1, 0.15) is 5.03 Å². The number of piperidine rings is 1. The molecule has 2 aromatic rings. The van der Waals surface area contributed by atoms with Crippen LogP contribution in [0, 0.1) is 6.92 Å². The van der Waals surface area contributed by atoms with Crippen molar-refractivity contribution in [2.45, 2.75) is 36.1 Å². The fourth-order valence-electron chi connectivity index (χ4n) is 2.56. The van der Waals surface area contributed by atoms with Crippen molar-refractivity contribution in [1.29, 1.82) is 0 Å². The predicted molar refractivity (Wildman–Crippen MR) is 83.5 cm³/mol. The summed E-state index contributed by atoms with van der Waals surface area (Å²) in [4.78, 5) is 3.81. The van der Waals surface area contributed by atoms with Gasteiger partial charge in [-0.05, 0) is 67.5 Å². The number of anilines is 1. The number of aryl methyl sites for hydroxylation is 1. The molecule has 0 bridgehead atoms. The molecule has 1 aromatic carbocycles. The van der Waals surface area contributed by atoms with Crippen LogP contribution in [0.25, 0.3) is 0 Å². The normalized spacial score (nSPS) is 15.7. The van der Waals surface area contributed by atoms with Crippen molar-refractivity contribution in [2.24, 2.45) is 0 Å². The molecular formula is C15H18N2S2. The smallest absolute Gasteiger partial charge is 0.115 e. The van der Waals surface area contributed by atoms with Crippen molar-refractivity contribution in [2.75, 3.05) is 18.0 Å². The van der Waals surface area contributed by atoms with Crippen LogP contribution in [0.2, 0.25) is 0 Å². The van der Waals surface area contributed by atoms with E-state index in [1.807, 2.05) is 5.38 Å². The van der Waals surface area contributed by atoms with Gasteiger partial charge in [0.25, 0.3) is 0 Å². The molecule has 2 nitrogen and oxygen atoms in total. The molecule has 19 heavy (non-hydrogen) atoms. The second kappa shape index (κ2) is 5.97. The van der Waals surface area contributed by atoms with Crippen molar-refractivity contribution in [3.05, 3.63) is 35.2 Å². The minimum absolute atomic E-state index is 1.09. The Labute approximate surface area is 123 Å². The molecule has 0 spiro atoms. The summed E-state index contributed by atoms with van der Waals surface area (Å²) >= 11 is 3.25. The highest BCUT2D eigenvalue weighted by atomic mass is 32.2. The van der Waals surface area contributed by atoms with Crippen molar-refractivity contribution in [1.82, 2.24) is 4.37 Å². The van der Waals surface area contributed by atoms with Gasteiger partial charge < -0.3 is 4.90 Å². The highest BCUT2D eigenvalue weighted by molar-refractivity contribution is 7.99. The maximum Gasteiger partial charge on any atom is 0.115 e. The van der Waals surface area contributed by atoms with Crippen molar-refractivity contribution >= 4 is 29.0 Å². The maximum absolute atomic E-state index is 4.35. The highest BCUT2D eigenvalue weighted by Gasteiger charge is 2.13. The van der Waals surface area contributed by atoms with Crippen molar-refractivity contribution in [3.8, 4) is 0 Å². The van der Waals surface area contributed by atoms with Crippen LogP contribution >= 0.6 is 23.3 Å². The van der Waals surface area contributed by atoms with E-state index in [0.29, 0.717) is 0 Å². The summed E-state index contributed by atoms with van der Waals surface area (Å²) in [5.41, 5.74) is 2.78. The van der Waals surface area contributed by atoms with Crippen LogP contribution in [-0.2, 0) is 0 Å². The van der Waals surface area contributed by atoms with Crippen LogP contribution < -0.4 is 4.90 Å². The van der Waals surface area contributed by atoms with E-state index in [1.165, 1.54) is 60.0 Å². The van der Waals surface area contributed by atoms with Gasteiger partial charge in [-0.25, -0.2) is 0 Å². The first-order valence-electron chi connectivity index (χ1n) is 6.77. The number of hydrogen-bond acceptors (Lipinski definition) is 4. The predicted octanol–water partition coefficient (Wildman–Crippen LogP) is 4.59. The molecule has 0 unspecified atom stereocenters. The average Bonchev–Trinajstić information content (AvgIpc) is 2.93. The minimum atomic E-state index is 1.09. The SMILES string of the molecule is Cc1cc(Sc2ccsn2)ccc1N1CCCCC1. The van der Waals surface area contributed by atoms with Gasteiger partial charge in [0.2, 0.25) is 0 Å².